The summed E-state index contributed by atoms with van der Waals surface area (Å²) in [6.07, 6.45) is 10.6. The lowest BCUT2D eigenvalue weighted by Gasteiger charge is -2.33. The second-order valence-corrected chi connectivity index (χ2v) is 7.84. The summed E-state index contributed by atoms with van der Waals surface area (Å²) in [5.41, 5.74) is 1.66. The third-order valence-electron chi connectivity index (χ3n) is 5.44. The van der Waals surface area contributed by atoms with E-state index in [1.807, 2.05) is 13.0 Å². The van der Waals surface area contributed by atoms with E-state index in [4.69, 9.17) is 11.6 Å². The Morgan fingerprint density at radius 1 is 1.28 bits per heavy atom. The molecule has 2 aliphatic heterocycles. The Bertz CT molecular complexity index is 899. The Morgan fingerprint density at radius 2 is 2.03 bits per heavy atom. The molecule has 1 fully saturated rings. The van der Waals surface area contributed by atoms with Crippen molar-refractivity contribution in [2.45, 2.75) is 57.3 Å². The highest BCUT2D eigenvalue weighted by Gasteiger charge is 2.30. The van der Waals surface area contributed by atoms with Crippen LogP contribution in [0.2, 0.25) is 0 Å². The molecule has 9 heteroatoms. The molecule has 1 saturated carbocycles. The highest BCUT2D eigenvalue weighted by atomic mass is 35.5. The molecule has 0 bridgehead atoms. The molecule has 7 nitrogen and oxygen atoms in total. The number of amides is 1. The van der Waals surface area contributed by atoms with Gasteiger partial charge in [0.1, 0.15) is 6.17 Å². The maximum absolute atomic E-state index is 14.5. The number of nitrogens with zero attached hydrogens (tertiary/aromatic N) is 2. The van der Waals surface area contributed by atoms with Gasteiger partial charge in [-0.2, -0.15) is 0 Å². The van der Waals surface area contributed by atoms with Crippen molar-refractivity contribution in [3.63, 3.8) is 0 Å². The molecule has 3 aliphatic rings. The van der Waals surface area contributed by atoms with Crippen LogP contribution in [0.5, 0.6) is 0 Å². The van der Waals surface area contributed by atoms with Crippen molar-refractivity contribution < 1.29 is 9.18 Å². The SMILES string of the molecule is CCC(=O)NC1CCCCC1Nc1nc(C2=CNC3NC=C(Cl)C=C23)ncc1F. The summed E-state index contributed by atoms with van der Waals surface area (Å²) < 4.78 is 14.5. The van der Waals surface area contributed by atoms with Gasteiger partial charge in [-0.15, -0.1) is 0 Å². The predicted molar refractivity (Wildman–Crippen MR) is 110 cm³/mol. The molecule has 0 aromatic carbocycles. The summed E-state index contributed by atoms with van der Waals surface area (Å²) in [7, 11) is 0. The van der Waals surface area contributed by atoms with E-state index >= 15 is 0 Å². The fourth-order valence-corrected chi connectivity index (χ4v) is 4.08. The van der Waals surface area contributed by atoms with Crippen molar-refractivity contribution in [1.29, 1.82) is 0 Å². The molecule has 3 heterocycles. The summed E-state index contributed by atoms with van der Waals surface area (Å²) in [5, 5.41) is 13.2. The third kappa shape index (κ3) is 4.22. The van der Waals surface area contributed by atoms with Crippen molar-refractivity contribution in [2.75, 3.05) is 5.32 Å². The van der Waals surface area contributed by atoms with Crippen LogP contribution < -0.4 is 21.3 Å². The Balaban J connectivity index is 1.56. The van der Waals surface area contributed by atoms with Gasteiger partial charge in [-0.1, -0.05) is 31.4 Å². The molecule has 1 aromatic heterocycles. The van der Waals surface area contributed by atoms with E-state index in [-0.39, 0.29) is 30.0 Å². The van der Waals surface area contributed by atoms with Gasteiger partial charge in [0.25, 0.3) is 0 Å². The number of carbonyl (C=O) groups is 1. The van der Waals surface area contributed by atoms with Gasteiger partial charge in [-0.3, -0.25) is 4.79 Å². The minimum absolute atomic E-state index is 0.00226. The Labute approximate surface area is 173 Å². The predicted octanol–water partition coefficient (Wildman–Crippen LogP) is 2.75. The zero-order valence-electron chi connectivity index (χ0n) is 16.1. The zero-order valence-corrected chi connectivity index (χ0v) is 16.9. The maximum Gasteiger partial charge on any atom is 0.220 e. The van der Waals surface area contributed by atoms with E-state index in [2.05, 4.69) is 31.2 Å². The van der Waals surface area contributed by atoms with Gasteiger partial charge >= 0.3 is 0 Å². The summed E-state index contributed by atoms with van der Waals surface area (Å²) in [5.74, 6) is 0.0420. The standard InChI is InChI=1S/C20H24ClFN6O/c1-2-17(29)26-15-5-3-4-6-16(15)27-20-14(22)10-25-19(28-20)13-9-24-18-12(13)7-11(21)8-23-18/h7-10,15-16,18,23-24H,2-6H2,1H3,(H,26,29)(H,25,27,28). The number of hydrogen-bond donors (Lipinski definition) is 4. The number of aromatic nitrogens is 2. The van der Waals surface area contributed by atoms with E-state index < -0.39 is 5.82 Å². The normalized spacial score (nSPS) is 25.6. The first-order valence-corrected chi connectivity index (χ1v) is 10.3. The lowest BCUT2D eigenvalue weighted by atomic mass is 9.90. The zero-order chi connectivity index (χ0) is 20.4. The average Bonchev–Trinajstić information content (AvgIpc) is 3.14. The highest BCUT2D eigenvalue weighted by molar-refractivity contribution is 6.31. The van der Waals surface area contributed by atoms with Crippen LogP contribution in [0, 0.1) is 5.82 Å². The van der Waals surface area contributed by atoms with Gasteiger partial charge in [0, 0.05) is 42.1 Å². The third-order valence-corrected chi connectivity index (χ3v) is 5.66. The molecule has 0 spiro atoms. The van der Waals surface area contributed by atoms with E-state index in [1.165, 1.54) is 6.20 Å². The number of dihydropyridines is 1. The number of rotatable bonds is 5. The van der Waals surface area contributed by atoms with Gasteiger partial charge in [-0.05, 0) is 18.9 Å². The number of allylic oxidation sites excluding steroid dienone is 2. The number of hydrogen-bond acceptors (Lipinski definition) is 6. The highest BCUT2D eigenvalue weighted by Crippen LogP contribution is 2.31. The molecule has 0 saturated heterocycles. The first-order chi connectivity index (χ1) is 14.0. The Morgan fingerprint density at radius 3 is 2.83 bits per heavy atom. The molecular formula is C20H24ClFN6O. The molecule has 4 rings (SSSR count). The first kappa shape index (κ1) is 19.7. The van der Waals surface area contributed by atoms with Crippen LogP contribution in [0.1, 0.15) is 44.9 Å². The number of carbonyl (C=O) groups excluding carboxylic acids is 1. The Kier molecular flexibility index (Phi) is 5.71. The molecule has 29 heavy (non-hydrogen) atoms. The number of anilines is 1. The van der Waals surface area contributed by atoms with Crippen molar-refractivity contribution in [1.82, 2.24) is 25.9 Å². The molecule has 0 radical (unpaired) electrons. The molecular weight excluding hydrogens is 395 g/mol. The van der Waals surface area contributed by atoms with Gasteiger partial charge < -0.3 is 21.3 Å². The van der Waals surface area contributed by atoms with E-state index in [9.17, 15) is 9.18 Å². The molecule has 4 N–H and O–H groups in total. The fourth-order valence-electron chi connectivity index (χ4n) is 3.90. The van der Waals surface area contributed by atoms with Crippen molar-refractivity contribution in [3.05, 3.63) is 46.9 Å². The first-order valence-electron chi connectivity index (χ1n) is 9.94. The van der Waals surface area contributed by atoms with Crippen LogP contribution in [0.25, 0.3) is 5.57 Å². The van der Waals surface area contributed by atoms with Crippen LogP contribution in [-0.2, 0) is 4.79 Å². The summed E-state index contributed by atoms with van der Waals surface area (Å²) in [4.78, 5) is 20.5. The van der Waals surface area contributed by atoms with Crippen molar-refractivity contribution >= 4 is 28.9 Å². The molecule has 1 aliphatic carbocycles. The number of nitrogens with one attached hydrogen (secondary N) is 4. The van der Waals surface area contributed by atoms with E-state index in [0.29, 0.717) is 17.3 Å². The van der Waals surface area contributed by atoms with E-state index in [1.54, 1.807) is 12.4 Å². The van der Waals surface area contributed by atoms with Gasteiger partial charge in [0.2, 0.25) is 5.91 Å². The van der Waals surface area contributed by atoms with Crippen LogP contribution in [0.3, 0.4) is 0 Å². The van der Waals surface area contributed by atoms with Crippen molar-refractivity contribution in [3.8, 4) is 0 Å². The van der Waals surface area contributed by atoms with Crippen molar-refractivity contribution in [2.24, 2.45) is 0 Å². The summed E-state index contributed by atoms with van der Waals surface area (Å²) in [6.45, 7) is 1.82. The topological polar surface area (TPSA) is 91.0 Å². The number of fused-ring (bicyclic) bond motifs is 1. The lowest BCUT2D eigenvalue weighted by Crippen LogP contribution is -2.48. The van der Waals surface area contributed by atoms with Crippen LogP contribution in [0.4, 0.5) is 10.2 Å². The van der Waals surface area contributed by atoms with Crippen LogP contribution in [-0.4, -0.2) is 34.1 Å². The van der Waals surface area contributed by atoms with Crippen LogP contribution in [0.15, 0.2) is 35.3 Å². The number of halogens is 2. The second-order valence-electron chi connectivity index (χ2n) is 7.41. The minimum atomic E-state index is -0.517. The molecule has 1 aromatic rings. The molecule has 154 valence electrons. The molecule has 1 amide bonds. The van der Waals surface area contributed by atoms with Gasteiger partial charge in [0.05, 0.1) is 11.2 Å². The van der Waals surface area contributed by atoms with Gasteiger partial charge in [0.15, 0.2) is 17.5 Å². The monoisotopic (exact) mass is 418 g/mol. The van der Waals surface area contributed by atoms with Crippen LogP contribution >= 0.6 is 11.6 Å². The van der Waals surface area contributed by atoms with Gasteiger partial charge in [-0.25, -0.2) is 14.4 Å². The summed E-state index contributed by atoms with van der Waals surface area (Å²) >= 11 is 6.11. The average molecular weight is 419 g/mol. The lowest BCUT2D eigenvalue weighted by molar-refractivity contribution is -0.121. The fraction of sp³-hybridized carbons (Fsp3) is 0.450. The smallest absolute Gasteiger partial charge is 0.220 e. The molecule has 3 atom stereocenters. The Hall–Kier alpha value is -2.61. The quantitative estimate of drug-likeness (QED) is 0.587. The van der Waals surface area contributed by atoms with E-state index in [0.717, 1.165) is 36.8 Å². The maximum atomic E-state index is 14.5. The molecule has 3 unspecified atom stereocenters. The summed E-state index contributed by atoms with van der Waals surface area (Å²) in [6, 6.07) is -0.118. The minimum Gasteiger partial charge on any atom is -0.367 e. The largest absolute Gasteiger partial charge is 0.367 e. The second kappa shape index (κ2) is 8.41.